The van der Waals surface area contributed by atoms with E-state index in [1.807, 2.05) is 12.3 Å². The molecule has 1 saturated carbocycles. The van der Waals surface area contributed by atoms with Gasteiger partial charge in [-0.25, -0.2) is 0 Å². The maximum absolute atomic E-state index is 4.54. The Balaban J connectivity index is 1.90. The predicted octanol–water partition coefficient (Wildman–Crippen LogP) is 5.17. The van der Waals surface area contributed by atoms with Crippen molar-refractivity contribution in [2.24, 2.45) is 11.3 Å². The molecule has 2 nitrogen and oxygen atoms in total. The van der Waals surface area contributed by atoms with E-state index in [1.165, 1.54) is 35.9 Å². The molecule has 0 amide bonds. The van der Waals surface area contributed by atoms with Gasteiger partial charge in [0.05, 0.1) is 5.52 Å². The van der Waals surface area contributed by atoms with Crippen LogP contribution in [0.5, 0.6) is 0 Å². The summed E-state index contributed by atoms with van der Waals surface area (Å²) in [7, 11) is 0. The van der Waals surface area contributed by atoms with Gasteiger partial charge >= 0.3 is 0 Å². The van der Waals surface area contributed by atoms with Crippen molar-refractivity contribution in [3.05, 3.63) is 36.0 Å². The summed E-state index contributed by atoms with van der Waals surface area (Å²) in [4.78, 5) is 4.54. The number of benzene rings is 1. The zero-order chi connectivity index (χ0) is 15.0. The number of aryl methyl sites for hydroxylation is 1. The lowest BCUT2D eigenvalue weighted by Gasteiger charge is -2.39. The monoisotopic (exact) mass is 282 g/mol. The molecule has 0 radical (unpaired) electrons. The first-order valence-corrected chi connectivity index (χ1v) is 8.05. The second-order valence-corrected chi connectivity index (χ2v) is 7.58. The van der Waals surface area contributed by atoms with Crippen LogP contribution in [0.1, 0.15) is 45.6 Å². The minimum Gasteiger partial charge on any atom is -0.382 e. The number of anilines is 1. The van der Waals surface area contributed by atoms with E-state index < -0.39 is 0 Å². The lowest BCUT2D eigenvalue weighted by molar-refractivity contribution is 0.178. The third-order valence-corrected chi connectivity index (χ3v) is 4.72. The molecule has 2 heteroatoms. The van der Waals surface area contributed by atoms with E-state index in [0.717, 1.165) is 11.4 Å². The molecule has 2 aromatic rings. The Morgan fingerprint density at radius 1 is 1.19 bits per heavy atom. The van der Waals surface area contributed by atoms with Crippen molar-refractivity contribution in [2.45, 2.75) is 53.0 Å². The molecule has 2 unspecified atom stereocenters. The van der Waals surface area contributed by atoms with E-state index in [-0.39, 0.29) is 0 Å². The average molecular weight is 282 g/mol. The lowest BCUT2D eigenvalue weighted by atomic mass is 9.70. The van der Waals surface area contributed by atoms with Crippen LogP contribution in [0.25, 0.3) is 10.9 Å². The maximum Gasteiger partial charge on any atom is 0.0751 e. The molecule has 0 aliphatic heterocycles. The number of fused-ring (bicyclic) bond motifs is 1. The third-order valence-electron chi connectivity index (χ3n) is 4.72. The SMILES string of the molecule is Cc1ccc(NC2CC(C)CC(C)(C)C2)c2cccnc12. The molecule has 2 atom stereocenters. The number of aromatic nitrogens is 1. The van der Waals surface area contributed by atoms with Gasteiger partial charge in [-0.3, -0.25) is 4.98 Å². The molecule has 112 valence electrons. The van der Waals surface area contributed by atoms with Gasteiger partial charge in [0.1, 0.15) is 0 Å². The lowest BCUT2D eigenvalue weighted by Crippen LogP contribution is -2.35. The summed E-state index contributed by atoms with van der Waals surface area (Å²) in [6.07, 6.45) is 5.72. The molecule has 0 bridgehead atoms. The van der Waals surface area contributed by atoms with Crippen LogP contribution in [0, 0.1) is 18.3 Å². The molecule has 1 aromatic heterocycles. The van der Waals surface area contributed by atoms with E-state index in [1.54, 1.807) is 0 Å². The highest BCUT2D eigenvalue weighted by Crippen LogP contribution is 2.40. The smallest absolute Gasteiger partial charge is 0.0751 e. The van der Waals surface area contributed by atoms with E-state index in [4.69, 9.17) is 0 Å². The Hall–Kier alpha value is -1.57. The van der Waals surface area contributed by atoms with Crippen LogP contribution < -0.4 is 5.32 Å². The fraction of sp³-hybridized carbons (Fsp3) is 0.526. The largest absolute Gasteiger partial charge is 0.382 e. The van der Waals surface area contributed by atoms with E-state index in [0.29, 0.717) is 11.5 Å². The van der Waals surface area contributed by atoms with Crippen molar-refractivity contribution in [1.82, 2.24) is 4.98 Å². The number of nitrogens with one attached hydrogen (secondary N) is 1. The van der Waals surface area contributed by atoms with Gasteiger partial charge in [-0.2, -0.15) is 0 Å². The molecule has 1 N–H and O–H groups in total. The Morgan fingerprint density at radius 2 is 2.00 bits per heavy atom. The Bertz CT molecular complexity index is 645. The van der Waals surface area contributed by atoms with Crippen LogP contribution in [0.2, 0.25) is 0 Å². The van der Waals surface area contributed by atoms with Gasteiger partial charge in [0.2, 0.25) is 0 Å². The summed E-state index contributed by atoms with van der Waals surface area (Å²) in [5.41, 5.74) is 4.03. The number of hydrogen-bond donors (Lipinski definition) is 1. The van der Waals surface area contributed by atoms with Gasteiger partial charge in [0, 0.05) is 23.3 Å². The first kappa shape index (κ1) is 14.4. The first-order valence-electron chi connectivity index (χ1n) is 8.05. The van der Waals surface area contributed by atoms with Crippen molar-refractivity contribution in [3.8, 4) is 0 Å². The third kappa shape index (κ3) is 3.04. The van der Waals surface area contributed by atoms with E-state index >= 15 is 0 Å². The van der Waals surface area contributed by atoms with Crippen molar-refractivity contribution in [1.29, 1.82) is 0 Å². The molecule has 1 aromatic carbocycles. The zero-order valence-corrected chi connectivity index (χ0v) is 13.6. The van der Waals surface area contributed by atoms with Crippen LogP contribution in [-0.4, -0.2) is 11.0 Å². The summed E-state index contributed by atoms with van der Waals surface area (Å²) in [5.74, 6) is 0.793. The molecule has 1 heterocycles. The van der Waals surface area contributed by atoms with Crippen LogP contribution in [-0.2, 0) is 0 Å². The van der Waals surface area contributed by atoms with Gasteiger partial charge < -0.3 is 5.32 Å². The van der Waals surface area contributed by atoms with E-state index in [2.05, 4.69) is 56.2 Å². The Morgan fingerprint density at radius 3 is 2.76 bits per heavy atom. The van der Waals surface area contributed by atoms with Crippen LogP contribution >= 0.6 is 0 Å². The first-order chi connectivity index (χ1) is 9.94. The summed E-state index contributed by atoms with van der Waals surface area (Å²) in [6.45, 7) is 9.30. The quantitative estimate of drug-likeness (QED) is 0.822. The molecule has 1 fully saturated rings. The summed E-state index contributed by atoms with van der Waals surface area (Å²) < 4.78 is 0. The second kappa shape index (κ2) is 5.32. The predicted molar refractivity (Wildman–Crippen MR) is 90.7 cm³/mol. The minimum atomic E-state index is 0.439. The summed E-state index contributed by atoms with van der Waals surface area (Å²) in [6, 6.07) is 9.16. The fourth-order valence-electron chi connectivity index (χ4n) is 4.12. The molecule has 1 aliphatic rings. The zero-order valence-electron chi connectivity index (χ0n) is 13.6. The van der Waals surface area contributed by atoms with Crippen molar-refractivity contribution in [2.75, 3.05) is 5.32 Å². The molecule has 3 rings (SSSR count). The van der Waals surface area contributed by atoms with E-state index in [9.17, 15) is 0 Å². The number of rotatable bonds is 2. The second-order valence-electron chi connectivity index (χ2n) is 7.58. The molecular weight excluding hydrogens is 256 g/mol. The van der Waals surface area contributed by atoms with Gasteiger partial charge in [-0.1, -0.05) is 26.8 Å². The highest BCUT2D eigenvalue weighted by molar-refractivity contribution is 5.93. The van der Waals surface area contributed by atoms with Gasteiger partial charge in [-0.15, -0.1) is 0 Å². The van der Waals surface area contributed by atoms with Crippen molar-refractivity contribution in [3.63, 3.8) is 0 Å². The van der Waals surface area contributed by atoms with Crippen LogP contribution in [0.3, 0.4) is 0 Å². The highest BCUT2D eigenvalue weighted by atomic mass is 14.9. The molecule has 1 aliphatic carbocycles. The fourth-order valence-corrected chi connectivity index (χ4v) is 4.12. The van der Waals surface area contributed by atoms with Gasteiger partial charge in [0.25, 0.3) is 0 Å². The topological polar surface area (TPSA) is 24.9 Å². The van der Waals surface area contributed by atoms with Crippen molar-refractivity contribution >= 4 is 16.6 Å². The Kier molecular flexibility index (Phi) is 3.64. The van der Waals surface area contributed by atoms with Crippen LogP contribution in [0.4, 0.5) is 5.69 Å². The summed E-state index contributed by atoms with van der Waals surface area (Å²) in [5, 5.41) is 5.04. The molecular formula is C19H26N2. The normalized spacial score (nSPS) is 25.0. The highest BCUT2D eigenvalue weighted by Gasteiger charge is 2.32. The maximum atomic E-state index is 4.54. The molecule has 21 heavy (non-hydrogen) atoms. The number of hydrogen-bond acceptors (Lipinski definition) is 2. The molecule has 0 saturated heterocycles. The average Bonchev–Trinajstić information content (AvgIpc) is 2.40. The van der Waals surface area contributed by atoms with Gasteiger partial charge in [-0.05, 0) is 61.3 Å². The molecule has 0 spiro atoms. The summed E-state index contributed by atoms with van der Waals surface area (Å²) >= 11 is 0. The van der Waals surface area contributed by atoms with Crippen molar-refractivity contribution < 1.29 is 0 Å². The van der Waals surface area contributed by atoms with Crippen LogP contribution in [0.15, 0.2) is 30.5 Å². The Labute approximate surface area is 128 Å². The standard InChI is InChI=1S/C19H26N2/c1-13-10-15(12-19(3,4)11-13)21-17-8-7-14(2)18-16(17)6-5-9-20-18/h5-9,13,15,21H,10-12H2,1-4H3. The van der Waals surface area contributed by atoms with Gasteiger partial charge in [0.15, 0.2) is 0 Å². The number of pyridine rings is 1. The number of nitrogens with zero attached hydrogens (tertiary/aromatic N) is 1. The minimum absolute atomic E-state index is 0.439.